The van der Waals surface area contributed by atoms with E-state index in [0.717, 1.165) is 24.8 Å². The van der Waals surface area contributed by atoms with E-state index in [1.54, 1.807) is 0 Å². The van der Waals surface area contributed by atoms with Crippen LogP contribution in [0.4, 0.5) is 9.39 Å². The molecule has 1 aromatic carbocycles. The Morgan fingerprint density at radius 1 is 1.12 bits per heavy atom. The summed E-state index contributed by atoms with van der Waals surface area (Å²) in [5.74, 6) is -0.245. The molecule has 2 amide bonds. The van der Waals surface area contributed by atoms with Crippen LogP contribution in [0, 0.1) is 17.2 Å². The third-order valence-electron chi connectivity index (χ3n) is 6.74. The molecule has 3 atom stereocenters. The standard InChI is InChI=1S/C26H33FN2O3S/c1-15-13-29(14-16(2)32-15)25(31)22-20-11-8-18(26(3,4)5)12-21(20)33-24(22)28-23(30)17-6-9-19(27)10-7-17/h6-7,9-10,15-16,18H,8,11-14H2,1-5H3,(H,28,30). The summed E-state index contributed by atoms with van der Waals surface area (Å²) in [6.45, 7) is 11.8. The molecule has 7 heteroatoms. The van der Waals surface area contributed by atoms with Gasteiger partial charge < -0.3 is 15.0 Å². The van der Waals surface area contributed by atoms with Gasteiger partial charge in [0.2, 0.25) is 0 Å². The monoisotopic (exact) mass is 472 g/mol. The lowest BCUT2D eigenvalue weighted by atomic mass is 9.72. The van der Waals surface area contributed by atoms with Crippen molar-refractivity contribution in [3.05, 3.63) is 51.7 Å². The maximum Gasteiger partial charge on any atom is 0.257 e. The lowest BCUT2D eigenvalue weighted by Crippen LogP contribution is -2.48. The normalized spacial score (nSPS) is 23.2. The fourth-order valence-corrected chi connectivity index (χ4v) is 6.23. The highest BCUT2D eigenvalue weighted by molar-refractivity contribution is 7.17. The maximum absolute atomic E-state index is 13.8. The molecule has 1 aromatic heterocycles. The summed E-state index contributed by atoms with van der Waals surface area (Å²) in [5, 5.41) is 3.58. The Labute approximate surface area is 199 Å². The third kappa shape index (κ3) is 5.14. The van der Waals surface area contributed by atoms with Crippen LogP contribution < -0.4 is 5.32 Å². The van der Waals surface area contributed by atoms with Gasteiger partial charge in [-0.05, 0) is 74.3 Å². The van der Waals surface area contributed by atoms with Crippen molar-refractivity contribution in [1.29, 1.82) is 0 Å². The Bertz CT molecular complexity index is 1030. The number of halogens is 1. The molecule has 2 aromatic rings. The van der Waals surface area contributed by atoms with Gasteiger partial charge in [-0.25, -0.2) is 4.39 Å². The second-order valence-electron chi connectivity index (χ2n) is 10.4. The summed E-state index contributed by atoms with van der Waals surface area (Å²) >= 11 is 1.52. The van der Waals surface area contributed by atoms with Gasteiger partial charge in [0.25, 0.3) is 11.8 Å². The molecule has 1 aliphatic heterocycles. The fourth-order valence-electron chi connectivity index (χ4n) is 4.92. The summed E-state index contributed by atoms with van der Waals surface area (Å²) in [6.07, 6.45) is 2.70. The smallest absolute Gasteiger partial charge is 0.257 e. The summed E-state index contributed by atoms with van der Waals surface area (Å²) in [6, 6.07) is 5.46. The number of hydrogen-bond donors (Lipinski definition) is 1. The molecule has 0 spiro atoms. The average Bonchev–Trinajstić information content (AvgIpc) is 3.09. The number of ether oxygens (including phenoxy) is 1. The number of amides is 2. The zero-order valence-corrected chi connectivity index (χ0v) is 20.9. The number of carbonyl (C=O) groups is 2. The fraction of sp³-hybridized carbons (Fsp3) is 0.538. The minimum absolute atomic E-state index is 0.0327. The van der Waals surface area contributed by atoms with Gasteiger partial charge in [-0.3, -0.25) is 9.59 Å². The molecule has 4 rings (SSSR count). The van der Waals surface area contributed by atoms with Crippen molar-refractivity contribution >= 4 is 28.2 Å². The van der Waals surface area contributed by atoms with Crippen LogP contribution in [-0.2, 0) is 17.6 Å². The molecule has 1 fully saturated rings. The number of morpholine rings is 1. The molecule has 33 heavy (non-hydrogen) atoms. The van der Waals surface area contributed by atoms with Gasteiger partial charge in [0.15, 0.2) is 0 Å². The second-order valence-corrected chi connectivity index (χ2v) is 11.5. The van der Waals surface area contributed by atoms with Gasteiger partial charge in [0, 0.05) is 23.5 Å². The summed E-state index contributed by atoms with van der Waals surface area (Å²) in [5.41, 5.74) is 2.24. The van der Waals surface area contributed by atoms with E-state index in [2.05, 4.69) is 26.1 Å². The van der Waals surface area contributed by atoms with Crippen molar-refractivity contribution in [2.75, 3.05) is 18.4 Å². The van der Waals surface area contributed by atoms with E-state index < -0.39 is 5.82 Å². The molecule has 0 bridgehead atoms. The van der Waals surface area contributed by atoms with E-state index in [4.69, 9.17) is 4.74 Å². The molecule has 1 aliphatic carbocycles. The van der Waals surface area contributed by atoms with Crippen LogP contribution in [0.5, 0.6) is 0 Å². The highest BCUT2D eigenvalue weighted by Crippen LogP contribution is 2.45. The van der Waals surface area contributed by atoms with Gasteiger partial charge in [0.05, 0.1) is 17.8 Å². The van der Waals surface area contributed by atoms with Crippen molar-refractivity contribution < 1.29 is 18.7 Å². The van der Waals surface area contributed by atoms with E-state index in [0.29, 0.717) is 35.1 Å². The Kier molecular flexibility index (Phi) is 6.65. The first kappa shape index (κ1) is 23.9. The topological polar surface area (TPSA) is 58.6 Å². The SMILES string of the molecule is CC1CN(C(=O)c2c(NC(=O)c3ccc(F)cc3)sc3c2CCC(C(C)(C)C)C3)CC(C)O1. The van der Waals surface area contributed by atoms with Crippen LogP contribution in [0.3, 0.4) is 0 Å². The number of carbonyl (C=O) groups excluding carboxylic acids is 2. The lowest BCUT2D eigenvalue weighted by Gasteiger charge is -2.36. The van der Waals surface area contributed by atoms with Gasteiger partial charge in [-0.15, -0.1) is 11.3 Å². The van der Waals surface area contributed by atoms with E-state index >= 15 is 0 Å². The van der Waals surface area contributed by atoms with Crippen LogP contribution in [-0.4, -0.2) is 42.0 Å². The molecule has 1 N–H and O–H groups in total. The zero-order valence-electron chi connectivity index (χ0n) is 20.0. The number of nitrogens with one attached hydrogen (secondary N) is 1. The molecule has 178 valence electrons. The number of hydrogen-bond acceptors (Lipinski definition) is 4. The van der Waals surface area contributed by atoms with Crippen molar-refractivity contribution in [2.24, 2.45) is 11.3 Å². The number of benzene rings is 1. The molecular weight excluding hydrogens is 439 g/mol. The summed E-state index contributed by atoms with van der Waals surface area (Å²) in [4.78, 5) is 29.7. The lowest BCUT2D eigenvalue weighted by molar-refractivity contribution is -0.0586. The highest BCUT2D eigenvalue weighted by atomic mass is 32.1. The molecule has 5 nitrogen and oxygen atoms in total. The van der Waals surface area contributed by atoms with Crippen molar-refractivity contribution in [3.8, 4) is 0 Å². The Hall–Kier alpha value is -2.25. The maximum atomic E-state index is 13.8. The molecule has 3 unspecified atom stereocenters. The van der Waals surface area contributed by atoms with Crippen molar-refractivity contribution in [1.82, 2.24) is 4.90 Å². The number of rotatable bonds is 3. The Morgan fingerprint density at radius 2 is 1.76 bits per heavy atom. The number of thiophene rings is 1. The third-order valence-corrected chi connectivity index (χ3v) is 7.91. The van der Waals surface area contributed by atoms with Gasteiger partial charge in [-0.2, -0.15) is 0 Å². The first-order valence-electron chi connectivity index (χ1n) is 11.7. The van der Waals surface area contributed by atoms with Crippen LogP contribution in [0.15, 0.2) is 24.3 Å². The molecule has 2 heterocycles. The van der Waals surface area contributed by atoms with Crippen LogP contribution >= 0.6 is 11.3 Å². The van der Waals surface area contributed by atoms with Crippen LogP contribution in [0.2, 0.25) is 0 Å². The first-order valence-corrected chi connectivity index (χ1v) is 12.5. The van der Waals surface area contributed by atoms with Crippen LogP contribution in [0.25, 0.3) is 0 Å². The molecular formula is C26H33FN2O3S. The summed E-state index contributed by atoms with van der Waals surface area (Å²) in [7, 11) is 0. The van der Waals surface area contributed by atoms with E-state index in [1.165, 1.54) is 40.5 Å². The molecule has 0 radical (unpaired) electrons. The van der Waals surface area contributed by atoms with Gasteiger partial charge in [-0.1, -0.05) is 20.8 Å². The molecule has 1 saturated heterocycles. The van der Waals surface area contributed by atoms with Crippen molar-refractivity contribution in [2.45, 2.75) is 66.1 Å². The molecule has 2 aliphatic rings. The number of nitrogens with zero attached hydrogens (tertiary/aromatic N) is 1. The predicted octanol–water partition coefficient (Wildman–Crippen LogP) is 5.54. The number of fused-ring (bicyclic) bond motifs is 1. The van der Waals surface area contributed by atoms with E-state index in [1.807, 2.05) is 18.7 Å². The Balaban J connectivity index is 1.69. The summed E-state index contributed by atoms with van der Waals surface area (Å²) < 4.78 is 19.1. The largest absolute Gasteiger partial charge is 0.372 e. The average molecular weight is 473 g/mol. The predicted molar refractivity (Wildman–Crippen MR) is 130 cm³/mol. The van der Waals surface area contributed by atoms with Crippen LogP contribution in [0.1, 0.15) is 72.2 Å². The quantitative estimate of drug-likeness (QED) is 0.638. The minimum Gasteiger partial charge on any atom is -0.372 e. The Morgan fingerprint density at radius 3 is 2.36 bits per heavy atom. The molecule has 0 saturated carbocycles. The van der Waals surface area contributed by atoms with Gasteiger partial charge in [0.1, 0.15) is 10.8 Å². The van der Waals surface area contributed by atoms with Gasteiger partial charge >= 0.3 is 0 Å². The highest BCUT2D eigenvalue weighted by Gasteiger charge is 2.36. The minimum atomic E-state index is -0.391. The van der Waals surface area contributed by atoms with Crippen molar-refractivity contribution in [3.63, 3.8) is 0 Å². The second kappa shape index (κ2) is 9.18. The first-order chi connectivity index (χ1) is 15.5. The number of anilines is 1. The zero-order chi connectivity index (χ0) is 23.9. The van der Waals surface area contributed by atoms with E-state index in [-0.39, 0.29) is 29.4 Å². The van der Waals surface area contributed by atoms with E-state index in [9.17, 15) is 14.0 Å².